The second-order valence-electron chi connectivity index (χ2n) is 5.99. The molecule has 7 nitrogen and oxygen atoms in total. The van der Waals surface area contributed by atoms with Gasteiger partial charge in [-0.2, -0.15) is 0 Å². The maximum atomic E-state index is 11.8. The number of likely N-dealkylation sites (tertiary alicyclic amines) is 1. The molecule has 0 bridgehead atoms. The summed E-state index contributed by atoms with van der Waals surface area (Å²) in [4.78, 5) is 26.7. The molecule has 2 saturated heterocycles. The number of nitrogens with zero attached hydrogens (tertiary/aromatic N) is 2. The van der Waals surface area contributed by atoms with Crippen LogP contribution in [0.15, 0.2) is 0 Å². The van der Waals surface area contributed by atoms with Gasteiger partial charge in [-0.3, -0.25) is 0 Å². The number of hydrogen-bond donors (Lipinski definition) is 0. The van der Waals surface area contributed by atoms with Crippen LogP contribution in [0.5, 0.6) is 0 Å². The summed E-state index contributed by atoms with van der Waals surface area (Å²) in [5.41, 5.74) is -0.507. The summed E-state index contributed by atoms with van der Waals surface area (Å²) in [6.45, 7) is 8.45. The smallest absolute Gasteiger partial charge is 0.410 e. The van der Waals surface area contributed by atoms with E-state index >= 15 is 0 Å². The van der Waals surface area contributed by atoms with Crippen LogP contribution in [0.4, 0.5) is 9.59 Å². The highest BCUT2D eigenvalue weighted by molar-refractivity contribution is 5.71. The van der Waals surface area contributed by atoms with E-state index in [2.05, 4.69) is 0 Å². The molecular weight excluding hydrogens is 264 g/mol. The number of hydrogen-bond acceptors (Lipinski definition) is 5. The Morgan fingerprint density at radius 2 is 1.65 bits per heavy atom. The first-order valence-corrected chi connectivity index (χ1v) is 6.86. The lowest BCUT2D eigenvalue weighted by atomic mass is 10.2. The fourth-order valence-electron chi connectivity index (χ4n) is 1.95. The fraction of sp³-hybridized carbons (Fsp3) is 0.846. The molecule has 0 unspecified atom stereocenters. The molecule has 0 radical (unpaired) electrons. The van der Waals surface area contributed by atoms with Gasteiger partial charge >= 0.3 is 12.2 Å². The van der Waals surface area contributed by atoms with Crippen LogP contribution in [0.25, 0.3) is 0 Å². The molecule has 0 atom stereocenters. The van der Waals surface area contributed by atoms with Gasteiger partial charge in [0.05, 0.1) is 26.3 Å². The molecule has 2 amide bonds. The van der Waals surface area contributed by atoms with Crippen molar-refractivity contribution in [3.8, 4) is 0 Å². The van der Waals surface area contributed by atoms with E-state index in [1.807, 2.05) is 20.8 Å². The molecular formula is C13H22N2O5. The maximum Gasteiger partial charge on any atom is 0.410 e. The van der Waals surface area contributed by atoms with Crippen LogP contribution < -0.4 is 0 Å². The van der Waals surface area contributed by atoms with Gasteiger partial charge in [0.2, 0.25) is 0 Å². The van der Waals surface area contributed by atoms with Gasteiger partial charge in [-0.25, -0.2) is 9.59 Å². The Morgan fingerprint density at radius 1 is 1.05 bits per heavy atom. The average Bonchev–Trinajstić information content (AvgIpc) is 2.31. The number of amides is 2. The summed E-state index contributed by atoms with van der Waals surface area (Å²) < 4.78 is 15.7. The summed E-state index contributed by atoms with van der Waals surface area (Å²) in [5.74, 6) is 0. The molecule has 0 saturated carbocycles. The third-order valence-corrected chi connectivity index (χ3v) is 3.04. The van der Waals surface area contributed by atoms with Crippen molar-refractivity contribution >= 4 is 12.2 Å². The van der Waals surface area contributed by atoms with Gasteiger partial charge in [-0.15, -0.1) is 0 Å². The van der Waals surface area contributed by atoms with Crippen LogP contribution in [0.2, 0.25) is 0 Å². The summed E-state index contributed by atoms with van der Waals surface area (Å²) >= 11 is 0. The normalized spacial score (nSPS) is 20.4. The molecule has 20 heavy (non-hydrogen) atoms. The average molecular weight is 286 g/mol. The molecule has 0 aromatic heterocycles. The molecule has 0 aromatic rings. The van der Waals surface area contributed by atoms with Gasteiger partial charge in [-0.1, -0.05) is 0 Å². The lowest BCUT2D eigenvalue weighted by Crippen LogP contribution is -2.57. The number of carbonyl (C=O) groups is 2. The highest BCUT2D eigenvalue weighted by Gasteiger charge is 2.37. The van der Waals surface area contributed by atoms with Gasteiger partial charge in [-0.05, 0) is 20.8 Å². The van der Waals surface area contributed by atoms with Crippen molar-refractivity contribution in [2.75, 3.05) is 39.4 Å². The zero-order valence-corrected chi connectivity index (χ0v) is 12.3. The van der Waals surface area contributed by atoms with E-state index < -0.39 is 5.60 Å². The zero-order valence-electron chi connectivity index (χ0n) is 12.3. The highest BCUT2D eigenvalue weighted by atomic mass is 16.6. The van der Waals surface area contributed by atoms with Crippen molar-refractivity contribution in [1.82, 2.24) is 9.80 Å². The Labute approximate surface area is 118 Å². The van der Waals surface area contributed by atoms with Gasteiger partial charge in [0, 0.05) is 13.1 Å². The molecule has 114 valence electrons. The van der Waals surface area contributed by atoms with Gasteiger partial charge < -0.3 is 24.0 Å². The molecule has 0 spiro atoms. The van der Waals surface area contributed by atoms with Crippen LogP contribution in [0, 0.1) is 0 Å². The van der Waals surface area contributed by atoms with Crippen LogP contribution >= 0.6 is 0 Å². The predicted octanol–water partition coefficient (Wildman–Crippen LogP) is 1.07. The van der Waals surface area contributed by atoms with Crippen molar-refractivity contribution < 1.29 is 23.8 Å². The molecule has 0 N–H and O–H groups in total. The van der Waals surface area contributed by atoms with E-state index in [0.29, 0.717) is 39.4 Å². The highest BCUT2D eigenvalue weighted by Crippen LogP contribution is 2.18. The number of ether oxygens (including phenoxy) is 3. The largest absolute Gasteiger partial charge is 0.444 e. The van der Waals surface area contributed by atoms with Crippen LogP contribution in [0.1, 0.15) is 20.8 Å². The van der Waals surface area contributed by atoms with Crippen molar-refractivity contribution in [2.45, 2.75) is 32.5 Å². The van der Waals surface area contributed by atoms with E-state index in [-0.39, 0.29) is 18.3 Å². The second-order valence-corrected chi connectivity index (χ2v) is 5.99. The second kappa shape index (κ2) is 5.87. The summed E-state index contributed by atoms with van der Waals surface area (Å²) in [6, 6.07) is 0. The minimum atomic E-state index is -0.507. The lowest BCUT2D eigenvalue weighted by Gasteiger charge is -2.39. The molecule has 2 aliphatic heterocycles. The van der Waals surface area contributed by atoms with E-state index in [4.69, 9.17) is 14.2 Å². The van der Waals surface area contributed by atoms with E-state index in [0.717, 1.165) is 0 Å². The van der Waals surface area contributed by atoms with Gasteiger partial charge in [0.25, 0.3) is 0 Å². The monoisotopic (exact) mass is 286 g/mol. The predicted molar refractivity (Wildman–Crippen MR) is 70.5 cm³/mol. The minimum absolute atomic E-state index is 0.238. The molecule has 0 aromatic carbocycles. The molecule has 2 heterocycles. The molecule has 7 heteroatoms. The molecule has 0 aliphatic carbocycles. The Kier molecular flexibility index (Phi) is 4.37. The van der Waals surface area contributed by atoms with Crippen LogP contribution in [-0.4, -0.2) is 73.1 Å². The van der Waals surface area contributed by atoms with Crippen molar-refractivity contribution in [1.29, 1.82) is 0 Å². The fourth-order valence-corrected chi connectivity index (χ4v) is 1.95. The number of rotatable bonds is 1. The van der Waals surface area contributed by atoms with Crippen molar-refractivity contribution in [2.24, 2.45) is 0 Å². The Morgan fingerprint density at radius 3 is 2.20 bits per heavy atom. The summed E-state index contributed by atoms with van der Waals surface area (Å²) in [7, 11) is 0. The van der Waals surface area contributed by atoms with E-state index in [1.54, 1.807) is 4.90 Å². The summed E-state index contributed by atoms with van der Waals surface area (Å²) in [5, 5.41) is 0. The molecule has 2 fully saturated rings. The Hall–Kier alpha value is -1.50. The Bertz CT molecular complexity index is 367. The van der Waals surface area contributed by atoms with Crippen molar-refractivity contribution in [3.05, 3.63) is 0 Å². The van der Waals surface area contributed by atoms with Crippen LogP contribution in [-0.2, 0) is 14.2 Å². The SMILES string of the molecule is CC(C)(C)OC(=O)N1CC(OC(=O)N2CCOCC2)C1. The van der Waals surface area contributed by atoms with E-state index in [1.165, 1.54) is 4.90 Å². The molecule has 2 rings (SSSR count). The van der Waals surface area contributed by atoms with Gasteiger partial charge in [0.1, 0.15) is 11.7 Å². The quantitative estimate of drug-likeness (QED) is 0.721. The third-order valence-electron chi connectivity index (χ3n) is 3.04. The summed E-state index contributed by atoms with van der Waals surface area (Å²) in [6.07, 6.45) is -0.934. The maximum absolute atomic E-state index is 11.8. The lowest BCUT2D eigenvalue weighted by molar-refractivity contribution is -0.0501. The topological polar surface area (TPSA) is 68.3 Å². The first-order valence-electron chi connectivity index (χ1n) is 6.86. The molecule has 2 aliphatic rings. The van der Waals surface area contributed by atoms with Crippen molar-refractivity contribution in [3.63, 3.8) is 0 Å². The Balaban J connectivity index is 1.68. The zero-order chi connectivity index (χ0) is 14.8. The standard InChI is InChI=1S/C13H22N2O5/c1-13(2,3)20-12(17)15-8-10(9-15)19-11(16)14-4-6-18-7-5-14/h10H,4-9H2,1-3H3. The number of morpholine rings is 1. The first kappa shape index (κ1) is 14.9. The van der Waals surface area contributed by atoms with E-state index in [9.17, 15) is 9.59 Å². The first-order chi connectivity index (χ1) is 9.35. The van der Waals surface area contributed by atoms with Crippen LogP contribution in [0.3, 0.4) is 0 Å². The third kappa shape index (κ3) is 4.00. The van der Waals surface area contributed by atoms with Gasteiger partial charge in [0.15, 0.2) is 0 Å². The minimum Gasteiger partial charge on any atom is -0.444 e. The number of carbonyl (C=O) groups excluding carboxylic acids is 2.